The van der Waals surface area contributed by atoms with Crippen molar-refractivity contribution in [2.45, 2.75) is 33.1 Å². The Labute approximate surface area is 114 Å². The zero-order valence-electron chi connectivity index (χ0n) is 11.3. The first-order valence-corrected chi connectivity index (χ1v) is 9.69. The molecule has 110 valence electrons. The number of carbonyl (C=O) groups is 1. The zero-order chi connectivity index (χ0) is 14.7. The van der Waals surface area contributed by atoms with Gasteiger partial charge in [-0.2, -0.15) is 0 Å². The fourth-order valence-corrected chi connectivity index (χ4v) is 7.10. The Balaban J connectivity index is 2.35. The minimum absolute atomic E-state index is 0.0485. The van der Waals surface area contributed by atoms with Crippen molar-refractivity contribution in [2.75, 3.05) is 12.0 Å². The Morgan fingerprint density at radius 3 is 2.21 bits per heavy atom. The molecule has 0 amide bonds. The monoisotopic (exact) mass is 309 g/mol. The molecule has 2 bridgehead atoms. The van der Waals surface area contributed by atoms with Crippen LogP contribution in [0.4, 0.5) is 0 Å². The average Bonchev–Trinajstić information content (AvgIpc) is 2.46. The van der Waals surface area contributed by atoms with Crippen molar-refractivity contribution >= 4 is 25.8 Å². The van der Waals surface area contributed by atoms with E-state index in [2.05, 4.69) is 0 Å². The molecule has 8 heteroatoms. The highest BCUT2D eigenvalue weighted by Crippen LogP contribution is 2.64. The molecule has 0 unspecified atom stereocenters. The van der Waals surface area contributed by atoms with Crippen molar-refractivity contribution in [3.05, 3.63) is 0 Å². The van der Waals surface area contributed by atoms with Gasteiger partial charge in [0.25, 0.3) is 0 Å². The molecule has 2 aliphatic carbocycles. The van der Waals surface area contributed by atoms with Gasteiger partial charge in [-0.1, -0.05) is 13.8 Å². The van der Waals surface area contributed by atoms with Crippen LogP contribution < -0.4 is 4.13 Å². The summed E-state index contributed by atoms with van der Waals surface area (Å²) >= 11 is 0. The quantitative estimate of drug-likeness (QED) is 0.803. The van der Waals surface area contributed by atoms with Gasteiger partial charge >= 0.3 is 0 Å². The molecule has 2 rings (SSSR count). The van der Waals surface area contributed by atoms with Gasteiger partial charge in [0.2, 0.25) is 20.0 Å². The van der Waals surface area contributed by atoms with Gasteiger partial charge in [0.15, 0.2) is 0 Å². The van der Waals surface area contributed by atoms with Gasteiger partial charge in [-0.05, 0) is 24.2 Å². The minimum Gasteiger partial charge on any atom is -0.299 e. The molecule has 0 aromatic heterocycles. The smallest absolute Gasteiger partial charge is 0.225 e. The average molecular weight is 309 g/mol. The summed E-state index contributed by atoms with van der Waals surface area (Å²) < 4.78 is 47.8. The van der Waals surface area contributed by atoms with Crippen LogP contribution in [0.3, 0.4) is 0 Å². The van der Waals surface area contributed by atoms with Gasteiger partial charge in [0.05, 0.1) is 12.0 Å². The molecule has 2 atom stereocenters. The summed E-state index contributed by atoms with van der Waals surface area (Å²) in [6, 6.07) is 0. The number of hydrogen-bond donors (Lipinski definition) is 1. The highest BCUT2D eigenvalue weighted by atomic mass is 32.3. The van der Waals surface area contributed by atoms with Gasteiger partial charge in [-0.25, -0.2) is 16.8 Å². The molecule has 19 heavy (non-hydrogen) atoms. The molecule has 0 saturated heterocycles. The molecule has 0 aromatic carbocycles. The largest absolute Gasteiger partial charge is 0.299 e. The van der Waals surface area contributed by atoms with Gasteiger partial charge in [-0.3, -0.25) is 4.79 Å². The maximum atomic E-state index is 12.2. The topological polar surface area (TPSA) is 97.4 Å². The van der Waals surface area contributed by atoms with Gasteiger partial charge < -0.3 is 0 Å². The number of carbonyl (C=O) groups excluding carboxylic acids is 1. The molecule has 2 fully saturated rings. The van der Waals surface area contributed by atoms with E-state index in [0.29, 0.717) is 12.8 Å². The summed E-state index contributed by atoms with van der Waals surface area (Å²) in [5.74, 6) is -0.281. The lowest BCUT2D eigenvalue weighted by molar-refractivity contribution is -0.128. The molecular weight excluding hydrogens is 290 g/mol. The van der Waals surface area contributed by atoms with Crippen LogP contribution in [0.2, 0.25) is 0 Å². The molecular formula is C11H19NO5S2. The van der Waals surface area contributed by atoms with Crippen LogP contribution in [0, 0.1) is 16.7 Å². The van der Waals surface area contributed by atoms with E-state index >= 15 is 0 Å². The van der Waals surface area contributed by atoms with Crippen LogP contribution in [-0.2, 0) is 24.8 Å². The van der Waals surface area contributed by atoms with Crippen LogP contribution >= 0.6 is 0 Å². The normalized spacial score (nSPS) is 33.8. The van der Waals surface area contributed by atoms with Crippen LogP contribution in [0.1, 0.15) is 33.1 Å². The number of hydrogen-bond acceptors (Lipinski definition) is 5. The van der Waals surface area contributed by atoms with Crippen molar-refractivity contribution in [3.63, 3.8) is 0 Å². The minimum atomic E-state index is -4.03. The van der Waals surface area contributed by atoms with E-state index in [1.165, 1.54) is 0 Å². The van der Waals surface area contributed by atoms with Crippen molar-refractivity contribution in [2.24, 2.45) is 16.7 Å². The van der Waals surface area contributed by atoms with E-state index in [1.807, 2.05) is 13.8 Å². The predicted molar refractivity (Wildman–Crippen MR) is 70.3 cm³/mol. The zero-order valence-corrected chi connectivity index (χ0v) is 12.9. The Morgan fingerprint density at radius 1 is 1.26 bits per heavy atom. The summed E-state index contributed by atoms with van der Waals surface area (Å²) in [6.07, 6.45) is 2.55. The fourth-order valence-electron chi connectivity index (χ4n) is 3.69. The molecule has 0 aliphatic heterocycles. The van der Waals surface area contributed by atoms with Crippen LogP contribution in [0.5, 0.6) is 0 Å². The van der Waals surface area contributed by atoms with E-state index in [9.17, 15) is 21.6 Å². The predicted octanol–water partition coefficient (Wildman–Crippen LogP) is 0.261. The highest BCUT2D eigenvalue weighted by Gasteiger charge is 2.65. The molecule has 0 aromatic rings. The molecule has 2 aliphatic rings. The van der Waals surface area contributed by atoms with Gasteiger partial charge in [0, 0.05) is 11.8 Å². The first-order valence-electron chi connectivity index (χ1n) is 6.14. The molecule has 0 heterocycles. The number of fused-ring (bicyclic) bond motifs is 2. The molecule has 6 nitrogen and oxygen atoms in total. The summed E-state index contributed by atoms with van der Waals surface area (Å²) in [6.45, 7) is 3.82. The number of nitrogens with one attached hydrogen (secondary N) is 1. The lowest BCUT2D eigenvalue weighted by Gasteiger charge is -2.35. The summed E-state index contributed by atoms with van der Waals surface area (Å²) in [5, 5.41) is 0. The van der Waals surface area contributed by atoms with E-state index in [4.69, 9.17) is 0 Å². The second kappa shape index (κ2) is 4.02. The summed E-state index contributed by atoms with van der Waals surface area (Å²) in [5.41, 5.74) is -1.33. The van der Waals surface area contributed by atoms with Crippen LogP contribution in [-0.4, -0.2) is 34.6 Å². The lowest BCUT2D eigenvalue weighted by Crippen LogP contribution is -2.46. The standard InChI is InChI=1S/C11H19NO5S2/c1-10(2)8-4-5-11(10,9(13)6-8)7-19(16,17)12-18(3,14)15/h8,12H,4-7H2,1-3H3/t8-,11+/m1/s1. The maximum Gasteiger partial charge on any atom is 0.225 e. The number of rotatable bonds is 4. The van der Waals surface area contributed by atoms with Gasteiger partial charge in [0.1, 0.15) is 5.78 Å². The van der Waals surface area contributed by atoms with Crippen molar-refractivity contribution < 1.29 is 21.6 Å². The van der Waals surface area contributed by atoms with Crippen LogP contribution in [0.15, 0.2) is 0 Å². The molecule has 2 saturated carbocycles. The van der Waals surface area contributed by atoms with Crippen LogP contribution in [0.25, 0.3) is 0 Å². The number of ketones is 1. The summed E-state index contributed by atoms with van der Waals surface area (Å²) in [4.78, 5) is 12.2. The molecule has 0 radical (unpaired) electrons. The van der Waals surface area contributed by atoms with Gasteiger partial charge in [-0.15, -0.1) is 4.13 Å². The SMILES string of the molecule is CC1(C)[C@@H]2CC[C@]1(CS(=O)(=O)NS(C)(=O)=O)C(=O)C2. The maximum absolute atomic E-state index is 12.2. The Morgan fingerprint density at radius 2 is 1.84 bits per heavy atom. The summed E-state index contributed by atoms with van der Waals surface area (Å²) in [7, 11) is -7.88. The lowest BCUT2D eigenvalue weighted by atomic mass is 9.70. The third-order valence-corrected chi connectivity index (χ3v) is 7.95. The third kappa shape index (κ3) is 2.34. The fraction of sp³-hybridized carbons (Fsp3) is 0.909. The Hall–Kier alpha value is -0.470. The first kappa shape index (κ1) is 14.9. The van der Waals surface area contributed by atoms with E-state index in [-0.39, 0.29) is 11.7 Å². The first-order chi connectivity index (χ1) is 8.40. The number of sulfonamides is 2. The molecule has 0 spiro atoms. The third-order valence-electron chi connectivity index (χ3n) is 4.85. The van der Waals surface area contributed by atoms with E-state index in [0.717, 1.165) is 12.7 Å². The number of Topliss-reactive ketones (excluding diaryl/α,β-unsaturated/α-hetero) is 1. The second-order valence-corrected chi connectivity index (χ2v) is 10.0. The highest BCUT2D eigenvalue weighted by molar-refractivity contribution is 8.04. The Kier molecular flexibility index (Phi) is 3.16. The van der Waals surface area contributed by atoms with Crippen molar-refractivity contribution in [3.8, 4) is 0 Å². The molecule has 1 N–H and O–H groups in total. The van der Waals surface area contributed by atoms with Crippen molar-refractivity contribution in [1.82, 2.24) is 4.13 Å². The Bertz CT molecular complexity index is 619. The van der Waals surface area contributed by atoms with E-state index < -0.39 is 36.6 Å². The van der Waals surface area contributed by atoms with Crippen molar-refractivity contribution in [1.29, 1.82) is 0 Å². The van der Waals surface area contributed by atoms with E-state index in [1.54, 1.807) is 4.13 Å². The second-order valence-electron chi connectivity index (χ2n) is 6.28.